The van der Waals surface area contributed by atoms with Crippen molar-refractivity contribution in [3.8, 4) is 10.8 Å². The number of anilines is 1. The van der Waals surface area contributed by atoms with Crippen LogP contribution in [0.5, 0.6) is 5.75 Å². The number of carbonyl (C=O) groups excluding carboxylic acids is 1. The molecule has 0 radical (unpaired) electrons. The number of benzene rings is 2. The summed E-state index contributed by atoms with van der Waals surface area (Å²) in [5.41, 5.74) is 1.72. The summed E-state index contributed by atoms with van der Waals surface area (Å²) in [7, 11) is -2.30. The van der Waals surface area contributed by atoms with E-state index in [4.69, 9.17) is 4.74 Å². The normalized spacial score (nSPS) is 11.4. The van der Waals surface area contributed by atoms with Gasteiger partial charge in [-0.2, -0.15) is 9.36 Å². The van der Waals surface area contributed by atoms with Gasteiger partial charge < -0.3 is 4.74 Å². The smallest absolute Gasteiger partial charge is 0.369 e. The molecule has 0 aliphatic carbocycles. The Morgan fingerprint density at radius 2 is 1.79 bits per heavy atom. The number of tetrazole rings is 1. The molecular formula is C22H21N5O5S2. The molecule has 2 aromatic heterocycles. The highest BCUT2D eigenvalue weighted by Gasteiger charge is 2.22. The summed E-state index contributed by atoms with van der Waals surface area (Å²) in [6.07, 6.45) is 0. The number of nitrogens with zero attached hydrogens (tertiary/aromatic N) is 5. The summed E-state index contributed by atoms with van der Waals surface area (Å²) in [4.78, 5) is 24.8. The lowest BCUT2D eigenvalue weighted by molar-refractivity contribution is -0.135. The molecule has 0 unspecified atom stereocenters. The van der Waals surface area contributed by atoms with E-state index in [1.807, 2.05) is 13.8 Å². The van der Waals surface area contributed by atoms with Crippen molar-refractivity contribution in [3.63, 3.8) is 0 Å². The fourth-order valence-corrected chi connectivity index (χ4v) is 5.03. The van der Waals surface area contributed by atoms with E-state index >= 15 is 0 Å². The number of carbonyl (C=O) groups is 1. The molecule has 10 nitrogen and oxygen atoms in total. The number of thiophene rings is 1. The Bertz CT molecular complexity index is 1490. The summed E-state index contributed by atoms with van der Waals surface area (Å²) in [6.45, 7) is 3.35. The first kappa shape index (κ1) is 23.4. The van der Waals surface area contributed by atoms with E-state index in [9.17, 15) is 18.0 Å². The summed E-state index contributed by atoms with van der Waals surface area (Å²) < 4.78 is 34.4. The Kier molecular flexibility index (Phi) is 6.35. The number of esters is 1. The Morgan fingerprint density at radius 1 is 1.06 bits per heavy atom. The quantitative estimate of drug-likeness (QED) is 0.283. The van der Waals surface area contributed by atoms with Gasteiger partial charge in [-0.05, 0) is 89.3 Å². The molecule has 0 aliphatic rings. The van der Waals surface area contributed by atoms with Crippen molar-refractivity contribution >= 4 is 33.0 Å². The van der Waals surface area contributed by atoms with E-state index in [1.54, 1.807) is 35.7 Å². The zero-order chi connectivity index (χ0) is 24.5. The third-order valence-electron chi connectivity index (χ3n) is 5.20. The number of hydrogen-bond acceptors (Lipinski definition) is 8. The van der Waals surface area contributed by atoms with Crippen molar-refractivity contribution in [3.05, 3.63) is 81.6 Å². The van der Waals surface area contributed by atoms with Gasteiger partial charge in [-0.25, -0.2) is 18.0 Å². The lowest BCUT2D eigenvalue weighted by Crippen LogP contribution is -2.28. The minimum Gasteiger partial charge on any atom is -0.425 e. The fraction of sp³-hybridized carbons (Fsp3) is 0.182. The van der Waals surface area contributed by atoms with E-state index in [-0.39, 0.29) is 10.6 Å². The highest BCUT2D eigenvalue weighted by atomic mass is 32.2. The van der Waals surface area contributed by atoms with Crippen LogP contribution in [-0.4, -0.2) is 41.2 Å². The summed E-state index contributed by atoms with van der Waals surface area (Å²) in [5, 5.41) is 9.85. The summed E-state index contributed by atoms with van der Waals surface area (Å²) in [5.74, 6) is -0.520. The standard InChI is InChI=1S/C22H21N5O5S2/c1-15-6-11-19(13-16(15)2)34(30,31)25(3)17-7-9-18(10-8-17)32-21(28)14-26-22(29)27(24-23-26)20-5-4-12-33-20/h4-13H,14H2,1-3H3. The topological polar surface area (TPSA) is 116 Å². The van der Waals surface area contributed by atoms with Crippen molar-refractivity contribution in [2.45, 2.75) is 25.3 Å². The van der Waals surface area contributed by atoms with Crippen LogP contribution in [0.2, 0.25) is 0 Å². The second-order valence-corrected chi connectivity index (χ2v) is 10.4. The van der Waals surface area contributed by atoms with Gasteiger partial charge in [0.1, 0.15) is 17.3 Å². The summed E-state index contributed by atoms with van der Waals surface area (Å²) >= 11 is 1.31. The van der Waals surface area contributed by atoms with Crippen LogP contribution in [0, 0.1) is 13.8 Å². The van der Waals surface area contributed by atoms with Crippen LogP contribution in [0.1, 0.15) is 11.1 Å². The first-order valence-corrected chi connectivity index (χ1v) is 12.4. The van der Waals surface area contributed by atoms with Crippen molar-refractivity contribution in [2.24, 2.45) is 0 Å². The minimum absolute atomic E-state index is 0.189. The predicted octanol–water partition coefficient (Wildman–Crippen LogP) is 2.54. The van der Waals surface area contributed by atoms with E-state index in [2.05, 4.69) is 10.4 Å². The second-order valence-electron chi connectivity index (χ2n) is 7.47. The average Bonchev–Trinajstić information content (AvgIpc) is 3.46. The van der Waals surface area contributed by atoms with Gasteiger partial charge in [-0.3, -0.25) is 4.31 Å². The molecular weight excluding hydrogens is 478 g/mol. The zero-order valence-corrected chi connectivity index (χ0v) is 20.2. The Balaban J connectivity index is 1.44. The monoisotopic (exact) mass is 499 g/mol. The van der Waals surface area contributed by atoms with E-state index in [1.165, 1.54) is 42.6 Å². The third kappa shape index (κ3) is 4.63. The van der Waals surface area contributed by atoms with Gasteiger partial charge in [0.05, 0.1) is 10.6 Å². The SMILES string of the molecule is Cc1ccc(S(=O)(=O)N(C)c2ccc(OC(=O)Cn3nnn(-c4cccs4)c3=O)cc2)cc1C. The van der Waals surface area contributed by atoms with Crippen LogP contribution in [0.15, 0.2) is 69.7 Å². The van der Waals surface area contributed by atoms with Crippen LogP contribution >= 0.6 is 11.3 Å². The maximum Gasteiger partial charge on any atom is 0.369 e. The van der Waals surface area contributed by atoms with Crippen molar-refractivity contribution in [1.82, 2.24) is 19.8 Å². The number of aryl methyl sites for hydroxylation is 2. The van der Waals surface area contributed by atoms with Crippen LogP contribution in [0.3, 0.4) is 0 Å². The van der Waals surface area contributed by atoms with E-state index in [0.717, 1.165) is 24.8 Å². The van der Waals surface area contributed by atoms with Crippen molar-refractivity contribution in [2.75, 3.05) is 11.4 Å². The number of rotatable bonds is 7. The van der Waals surface area contributed by atoms with Gasteiger partial charge in [0.25, 0.3) is 10.0 Å². The molecule has 0 atom stereocenters. The van der Waals surface area contributed by atoms with E-state index in [0.29, 0.717) is 10.7 Å². The molecule has 4 rings (SSSR count). The lowest BCUT2D eigenvalue weighted by atomic mass is 10.1. The Labute approximate surface area is 199 Å². The molecule has 0 N–H and O–H groups in total. The molecule has 12 heteroatoms. The molecule has 0 aliphatic heterocycles. The first-order valence-electron chi connectivity index (χ1n) is 10.1. The molecule has 0 saturated carbocycles. The van der Waals surface area contributed by atoms with Crippen molar-refractivity contribution in [1.29, 1.82) is 0 Å². The Hall–Kier alpha value is -3.77. The largest absolute Gasteiger partial charge is 0.425 e. The highest BCUT2D eigenvalue weighted by Crippen LogP contribution is 2.25. The van der Waals surface area contributed by atoms with Crippen LogP contribution in [0.4, 0.5) is 5.69 Å². The molecule has 0 bridgehead atoms. The zero-order valence-electron chi connectivity index (χ0n) is 18.6. The second kappa shape index (κ2) is 9.23. The minimum atomic E-state index is -3.76. The van der Waals surface area contributed by atoms with E-state index < -0.39 is 28.2 Å². The van der Waals surface area contributed by atoms with Gasteiger partial charge in [0.15, 0.2) is 0 Å². The number of sulfonamides is 1. The van der Waals surface area contributed by atoms with Crippen LogP contribution in [-0.2, 0) is 21.4 Å². The maximum absolute atomic E-state index is 13.0. The van der Waals surface area contributed by atoms with Crippen LogP contribution in [0.25, 0.3) is 5.00 Å². The highest BCUT2D eigenvalue weighted by molar-refractivity contribution is 7.92. The van der Waals surface area contributed by atoms with Crippen molar-refractivity contribution < 1.29 is 17.9 Å². The predicted molar refractivity (Wildman–Crippen MR) is 127 cm³/mol. The van der Waals surface area contributed by atoms with Gasteiger partial charge in [0.2, 0.25) is 0 Å². The number of ether oxygens (including phenoxy) is 1. The van der Waals surface area contributed by atoms with Gasteiger partial charge in [-0.1, -0.05) is 6.07 Å². The average molecular weight is 500 g/mol. The molecule has 0 saturated heterocycles. The molecule has 0 amide bonds. The number of aromatic nitrogens is 4. The molecule has 2 aromatic carbocycles. The van der Waals surface area contributed by atoms with Gasteiger partial charge in [0, 0.05) is 7.05 Å². The van der Waals surface area contributed by atoms with Gasteiger partial charge in [-0.15, -0.1) is 11.3 Å². The molecule has 0 fully saturated rings. The third-order valence-corrected chi connectivity index (χ3v) is 7.83. The molecule has 0 spiro atoms. The first-order chi connectivity index (χ1) is 16.2. The number of hydrogen-bond donors (Lipinski definition) is 0. The molecule has 4 aromatic rings. The molecule has 176 valence electrons. The maximum atomic E-state index is 13.0. The van der Waals surface area contributed by atoms with Gasteiger partial charge >= 0.3 is 11.7 Å². The van der Waals surface area contributed by atoms with Crippen LogP contribution < -0.4 is 14.7 Å². The summed E-state index contributed by atoms with van der Waals surface area (Å²) in [6, 6.07) is 14.5. The Morgan fingerprint density at radius 3 is 2.44 bits per heavy atom. The molecule has 34 heavy (non-hydrogen) atoms. The molecule has 2 heterocycles. The lowest BCUT2D eigenvalue weighted by Gasteiger charge is -2.20. The fourth-order valence-electron chi connectivity index (χ4n) is 3.08.